The van der Waals surface area contributed by atoms with Crippen LogP contribution >= 0.6 is 12.2 Å². The number of nitrogens with zero attached hydrogens (tertiary/aromatic N) is 1. The van der Waals surface area contributed by atoms with Gasteiger partial charge in [-0.2, -0.15) is 0 Å². The third-order valence-corrected chi connectivity index (χ3v) is 1.56. The van der Waals surface area contributed by atoms with Crippen molar-refractivity contribution in [3.63, 3.8) is 0 Å². The van der Waals surface area contributed by atoms with E-state index in [9.17, 15) is 0 Å². The van der Waals surface area contributed by atoms with Gasteiger partial charge >= 0.3 is 0 Å². The topological polar surface area (TPSA) is 3.24 Å². The molecule has 2 heteroatoms. The number of hydrogen-bond acceptors (Lipinski definition) is 1. The second kappa shape index (κ2) is 6.02. The molecule has 0 heterocycles. The molecular formula is C7H14NS. The van der Waals surface area contributed by atoms with Crippen LogP contribution in [0.2, 0.25) is 0 Å². The highest BCUT2D eigenvalue weighted by Crippen LogP contribution is 1.93. The number of unbranched alkanes of at least 4 members (excludes halogenated alkanes) is 2. The molecule has 0 unspecified atom stereocenters. The van der Waals surface area contributed by atoms with Crippen LogP contribution in [0.15, 0.2) is 0 Å². The van der Waals surface area contributed by atoms with Crippen LogP contribution in [0, 0.1) is 0 Å². The largest absolute Gasteiger partial charge is 0.363 e. The Balaban J connectivity index is 2.96. The summed E-state index contributed by atoms with van der Waals surface area (Å²) in [5.74, 6) is 0. The molecule has 0 saturated carbocycles. The minimum absolute atomic E-state index is 1.05. The molecule has 0 bridgehead atoms. The fourth-order valence-corrected chi connectivity index (χ4v) is 0.736. The maximum absolute atomic E-state index is 4.60. The highest BCUT2D eigenvalue weighted by molar-refractivity contribution is 7.78. The van der Waals surface area contributed by atoms with Gasteiger partial charge in [0.15, 0.2) is 0 Å². The van der Waals surface area contributed by atoms with Crippen LogP contribution in [0.25, 0.3) is 0 Å². The van der Waals surface area contributed by atoms with E-state index in [1.165, 1.54) is 19.3 Å². The lowest BCUT2D eigenvalue weighted by atomic mass is 10.2. The second-order valence-electron chi connectivity index (χ2n) is 2.22. The maximum Gasteiger partial charge on any atom is 0.136 e. The highest BCUT2D eigenvalue weighted by Gasteiger charge is 1.89. The molecule has 0 aromatic carbocycles. The molecule has 0 rings (SSSR count). The van der Waals surface area contributed by atoms with Crippen LogP contribution in [-0.4, -0.2) is 24.0 Å². The first-order valence-corrected chi connectivity index (χ1v) is 3.81. The summed E-state index contributed by atoms with van der Waals surface area (Å²) in [6.45, 7) is 3.25. The molecule has 0 N–H and O–H groups in total. The van der Waals surface area contributed by atoms with E-state index in [1.54, 1.807) is 0 Å². The lowest BCUT2D eigenvalue weighted by Crippen LogP contribution is -2.15. The van der Waals surface area contributed by atoms with Gasteiger partial charge in [0.2, 0.25) is 0 Å². The predicted octanol–water partition coefficient (Wildman–Crippen LogP) is 1.94. The average molecular weight is 144 g/mol. The zero-order valence-electron chi connectivity index (χ0n) is 6.18. The molecule has 0 fully saturated rings. The van der Waals surface area contributed by atoms with E-state index in [2.05, 4.69) is 24.6 Å². The van der Waals surface area contributed by atoms with Crippen molar-refractivity contribution in [3.8, 4) is 0 Å². The van der Waals surface area contributed by atoms with Crippen molar-refractivity contribution in [1.82, 2.24) is 4.90 Å². The van der Waals surface area contributed by atoms with Crippen molar-refractivity contribution in [2.75, 3.05) is 13.6 Å². The Morgan fingerprint density at radius 3 is 2.56 bits per heavy atom. The number of thiocarbonyl (C=S) groups is 1. The summed E-state index contributed by atoms with van der Waals surface area (Å²) in [6.07, 6.45) is 3.79. The van der Waals surface area contributed by atoms with Crippen molar-refractivity contribution < 1.29 is 0 Å². The Kier molecular flexibility index (Phi) is 5.94. The van der Waals surface area contributed by atoms with E-state index in [4.69, 9.17) is 0 Å². The third kappa shape index (κ3) is 5.77. The summed E-state index contributed by atoms with van der Waals surface area (Å²) in [4.78, 5) is 1.92. The van der Waals surface area contributed by atoms with E-state index in [0.29, 0.717) is 0 Å². The summed E-state index contributed by atoms with van der Waals surface area (Å²) in [5, 5.41) is 0. The number of rotatable bonds is 5. The molecule has 9 heavy (non-hydrogen) atoms. The molecule has 0 atom stereocenters. The molecule has 0 aliphatic carbocycles. The molecule has 1 nitrogen and oxygen atoms in total. The van der Waals surface area contributed by atoms with Gasteiger partial charge in [-0.25, -0.2) is 0 Å². The van der Waals surface area contributed by atoms with Crippen LogP contribution in [0.4, 0.5) is 0 Å². The molecule has 0 amide bonds. The van der Waals surface area contributed by atoms with Crippen LogP contribution in [-0.2, 0) is 0 Å². The molecule has 0 aliphatic heterocycles. The Morgan fingerprint density at radius 1 is 1.44 bits per heavy atom. The van der Waals surface area contributed by atoms with Gasteiger partial charge in [0.25, 0.3) is 0 Å². The minimum atomic E-state index is 1.05. The first-order chi connectivity index (χ1) is 4.31. The summed E-state index contributed by atoms with van der Waals surface area (Å²) in [7, 11) is 1.96. The van der Waals surface area contributed by atoms with Crippen molar-refractivity contribution in [2.24, 2.45) is 0 Å². The predicted molar refractivity (Wildman–Crippen MR) is 44.8 cm³/mol. The quantitative estimate of drug-likeness (QED) is 0.329. The van der Waals surface area contributed by atoms with Crippen molar-refractivity contribution in [2.45, 2.75) is 26.2 Å². The second-order valence-corrected chi connectivity index (χ2v) is 2.40. The van der Waals surface area contributed by atoms with Crippen LogP contribution < -0.4 is 0 Å². The van der Waals surface area contributed by atoms with Crippen LogP contribution in [0.1, 0.15) is 26.2 Å². The molecule has 1 radical (unpaired) electrons. The first-order valence-electron chi connectivity index (χ1n) is 3.40. The molecule has 0 spiro atoms. The summed E-state index contributed by atoms with van der Waals surface area (Å²) in [5.41, 5.74) is 2.64. The fraction of sp³-hybridized carbons (Fsp3) is 0.857. The van der Waals surface area contributed by atoms with Crippen molar-refractivity contribution in [3.05, 3.63) is 0 Å². The third-order valence-electron chi connectivity index (χ3n) is 1.25. The first kappa shape index (κ1) is 8.89. The summed E-state index contributed by atoms with van der Waals surface area (Å²) < 4.78 is 0. The minimum Gasteiger partial charge on any atom is -0.363 e. The Morgan fingerprint density at radius 2 is 2.11 bits per heavy atom. The van der Waals surface area contributed by atoms with E-state index >= 15 is 0 Å². The normalized spacial score (nSPS) is 9.11. The highest BCUT2D eigenvalue weighted by atomic mass is 32.1. The van der Waals surface area contributed by atoms with Crippen molar-refractivity contribution in [1.29, 1.82) is 0 Å². The molecule has 0 saturated heterocycles. The Labute approximate surface area is 63.0 Å². The van der Waals surface area contributed by atoms with Gasteiger partial charge in [0, 0.05) is 13.6 Å². The number of hydrogen-bond donors (Lipinski definition) is 0. The van der Waals surface area contributed by atoms with Gasteiger partial charge in [-0.05, 0) is 6.42 Å². The van der Waals surface area contributed by atoms with E-state index < -0.39 is 0 Å². The zero-order valence-corrected chi connectivity index (χ0v) is 7.00. The standard InChI is InChI=1S/C7H14NS/c1-3-4-5-6-8(2)7-9/h3-6H2,1-2H3. The molecule has 53 valence electrons. The zero-order chi connectivity index (χ0) is 7.11. The molecular weight excluding hydrogens is 130 g/mol. The van der Waals surface area contributed by atoms with E-state index in [0.717, 1.165) is 6.54 Å². The van der Waals surface area contributed by atoms with Crippen LogP contribution in [0.3, 0.4) is 0 Å². The van der Waals surface area contributed by atoms with Crippen molar-refractivity contribution >= 4 is 17.7 Å². The monoisotopic (exact) mass is 144 g/mol. The Hall–Kier alpha value is -0.110. The lowest BCUT2D eigenvalue weighted by Gasteiger charge is -2.09. The van der Waals surface area contributed by atoms with E-state index in [-0.39, 0.29) is 0 Å². The van der Waals surface area contributed by atoms with Crippen LogP contribution in [0.5, 0.6) is 0 Å². The van der Waals surface area contributed by atoms with Gasteiger partial charge < -0.3 is 4.90 Å². The van der Waals surface area contributed by atoms with Gasteiger partial charge in [-0.3, -0.25) is 0 Å². The lowest BCUT2D eigenvalue weighted by molar-refractivity contribution is 0.493. The van der Waals surface area contributed by atoms with Gasteiger partial charge in [0.1, 0.15) is 5.49 Å². The summed E-state index contributed by atoms with van der Waals surface area (Å²) >= 11 is 4.60. The van der Waals surface area contributed by atoms with Gasteiger partial charge in [-0.1, -0.05) is 32.0 Å². The molecule has 0 aromatic heterocycles. The van der Waals surface area contributed by atoms with E-state index in [1.807, 2.05) is 11.9 Å². The SMILES string of the molecule is CCCCCN(C)[C]=S. The maximum atomic E-state index is 4.60. The van der Waals surface area contributed by atoms with Gasteiger partial charge in [0.05, 0.1) is 0 Å². The molecule has 0 aliphatic rings. The average Bonchev–Trinajstić information content (AvgIpc) is 1.89. The van der Waals surface area contributed by atoms with Gasteiger partial charge in [-0.15, -0.1) is 0 Å². The fourth-order valence-electron chi connectivity index (χ4n) is 0.645. The Bertz CT molecular complexity index is 73.3. The summed E-state index contributed by atoms with van der Waals surface area (Å²) in [6, 6.07) is 0. The smallest absolute Gasteiger partial charge is 0.136 e. The molecule has 0 aromatic rings.